The third-order valence-electron chi connectivity index (χ3n) is 2.16. The van der Waals surface area contributed by atoms with Crippen LogP contribution in [0.4, 0.5) is 0 Å². The van der Waals surface area contributed by atoms with Gasteiger partial charge in [-0.2, -0.15) is 0 Å². The first-order valence-corrected chi connectivity index (χ1v) is 6.99. The molecule has 2 rings (SSSR count). The molecule has 1 aromatic heterocycles. The molecule has 17 heavy (non-hydrogen) atoms. The minimum absolute atomic E-state index is 0.0703. The van der Waals surface area contributed by atoms with E-state index in [2.05, 4.69) is 0 Å². The number of hydrogen-bond acceptors (Lipinski definition) is 5. The monoisotopic (exact) mass is 267 g/mol. The fraction of sp³-hybridized carbons (Fsp3) is 0. The highest BCUT2D eigenvalue weighted by molar-refractivity contribution is 7.91. The van der Waals surface area contributed by atoms with Crippen molar-refractivity contribution >= 4 is 27.1 Å². The van der Waals surface area contributed by atoms with Gasteiger partial charge in [0, 0.05) is 0 Å². The Balaban J connectivity index is 2.61. The van der Waals surface area contributed by atoms with Gasteiger partial charge in [-0.3, -0.25) is 0 Å². The maximum Gasteiger partial charge on any atom is 0.208 e. The molecule has 0 radical (unpaired) electrons. The fourth-order valence-electron chi connectivity index (χ4n) is 1.38. The largest absolute Gasteiger partial charge is 0.544 e. The van der Waals surface area contributed by atoms with Gasteiger partial charge in [0.05, 0.1) is 20.6 Å². The van der Waals surface area contributed by atoms with Crippen molar-refractivity contribution in [3.05, 3.63) is 46.7 Å². The third kappa shape index (κ3) is 2.09. The van der Waals surface area contributed by atoms with Crippen molar-refractivity contribution in [2.45, 2.75) is 9.79 Å². The number of rotatable bonds is 3. The maximum atomic E-state index is 12.1. The normalized spacial score (nSPS) is 11.3. The Morgan fingerprint density at radius 3 is 2.35 bits per heavy atom. The topological polar surface area (TPSA) is 74.3 Å². The summed E-state index contributed by atoms with van der Waals surface area (Å²) >= 11 is 0.838. The molecule has 0 spiro atoms. The summed E-state index contributed by atoms with van der Waals surface area (Å²) in [6.07, 6.45) is 0. The maximum absolute atomic E-state index is 12.1. The molecule has 0 amide bonds. The van der Waals surface area contributed by atoms with Gasteiger partial charge in [0.15, 0.2) is 0 Å². The Labute approximate surface area is 102 Å². The SMILES string of the molecule is O=C([O-])c1sccc1S(=O)(=O)c1ccccc1. The van der Waals surface area contributed by atoms with Gasteiger partial charge in [0.2, 0.25) is 9.84 Å². The van der Waals surface area contributed by atoms with Crippen molar-refractivity contribution in [2.24, 2.45) is 0 Å². The van der Waals surface area contributed by atoms with E-state index in [0.29, 0.717) is 0 Å². The number of carboxylic acid groups (broad SMARTS) is 1. The average molecular weight is 267 g/mol. The lowest BCUT2D eigenvalue weighted by atomic mass is 10.4. The van der Waals surface area contributed by atoms with Crippen LogP contribution in [0, 0.1) is 0 Å². The lowest BCUT2D eigenvalue weighted by Gasteiger charge is -2.06. The minimum atomic E-state index is -3.78. The van der Waals surface area contributed by atoms with E-state index < -0.39 is 15.8 Å². The zero-order valence-electron chi connectivity index (χ0n) is 8.49. The van der Waals surface area contributed by atoms with E-state index in [1.165, 1.54) is 23.6 Å². The number of benzene rings is 1. The molecule has 0 N–H and O–H groups in total. The second-order valence-corrected chi connectivity index (χ2v) is 6.05. The molecule has 0 unspecified atom stereocenters. The molecule has 0 saturated heterocycles. The quantitative estimate of drug-likeness (QED) is 0.829. The summed E-state index contributed by atoms with van der Waals surface area (Å²) in [7, 11) is -3.78. The molecule has 4 nitrogen and oxygen atoms in total. The number of hydrogen-bond donors (Lipinski definition) is 0. The van der Waals surface area contributed by atoms with Crippen LogP contribution in [0.25, 0.3) is 0 Å². The van der Waals surface area contributed by atoms with Crippen molar-refractivity contribution in [1.82, 2.24) is 0 Å². The predicted molar refractivity (Wildman–Crippen MR) is 60.5 cm³/mol. The number of aromatic carboxylic acids is 1. The van der Waals surface area contributed by atoms with E-state index in [-0.39, 0.29) is 14.7 Å². The lowest BCUT2D eigenvalue weighted by molar-refractivity contribution is -0.254. The molecule has 0 fully saturated rings. The van der Waals surface area contributed by atoms with Crippen LogP contribution in [0.3, 0.4) is 0 Å². The minimum Gasteiger partial charge on any atom is -0.544 e. The van der Waals surface area contributed by atoms with Crippen LogP contribution in [0.15, 0.2) is 51.6 Å². The number of thiophene rings is 1. The lowest BCUT2D eigenvalue weighted by Crippen LogP contribution is -2.23. The highest BCUT2D eigenvalue weighted by Gasteiger charge is 2.22. The van der Waals surface area contributed by atoms with E-state index in [1.807, 2.05) is 0 Å². The van der Waals surface area contributed by atoms with E-state index in [0.717, 1.165) is 11.3 Å². The first-order chi connectivity index (χ1) is 8.03. The van der Waals surface area contributed by atoms with Gasteiger partial charge < -0.3 is 9.90 Å². The van der Waals surface area contributed by atoms with Crippen LogP contribution in [-0.4, -0.2) is 14.4 Å². The van der Waals surface area contributed by atoms with Gasteiger partial charge in [0.1, 0.15) is 0 Å². The van der Waals surface area contributed by atoms with Gasteiger partial charge in [-0.15, -0.1) is 11.3 Å². The molecular formula is C11H7O4S2-. The molecule has 0 aliphatic carbocycles. The van der Waals surface area contributed by atoms with E-state index in [9.17, 15) is 18.3 Å². The van der Waals surface area contributed by atoms with Gasteiger partial charge in [0.25, 0.3) is 0 Å². The van der Waals surface area contributed by atoms with Crippen molar-refractivity contribution < 1.29 is 18.3 Å². The first-order valence-electron chi connectivity index (χ1n) is 4.62. The summed E-state index contributed by atoms with van der Waals surface area (Å²) in [5.74, 6) is -1.48. The fourth-order valence-corrected chi connectivity index (χ4v) is 3.91. The van der Waals surface area contributed by atoms with Crippen molar-refractivity contribution in [1.29, 1.82) is 0 Å². The van der Waals surface area contributed by atoms with Gasteiger partial charge in [-0.25, -0.2) is 8.42 Å². The molecule has 0 saturated carbocycles. The second-order valence-electron chi connectivity index (χ2n) is 3.22. The van der Waals surface area contributed by atoms with Crippen LogP contribution in [0.2, 0.25) is 0 Å². The smallest absolute Gasteiger partial charge is 0.208 e. The first kappa shape index (κ1) is 11.8. The van der Waals surface area contributed by atoms with Gasteiger partial charge in [-0.1, -0.05) is 18.2 Å². The Hall–Kier alpha value is -1.66. The second kappa shape index (κ2) is 4.31. The van der Waals surface area contributed by atoms with Crippen LogP contribution in [0.1, 0.15) is 9.67 Å². The zero-order valence-corrected chi connectivity index (χ0v) is 10.1. The highest BCUT2D eigenvalue weighted by Crippen LogP contribution is 2.27. The number of sulfone groups is 1. The third-order valence-corrected chi connectivity index (χ3v) is 4.99. The molecule has 0 aliphatic rings. The van der Waals surface area contributed by atoms with Gasteiger partial charge in [-0.05, 0) is 23.6 Å². The number of carboxylic acids is 1. The van der Waals surface area contributed by atoms with Gasteiger partial charge >= 0.3 is 0 Å². The summed E-state index contributed by atoms with van der Waals surface area (Å²) < 4.78 is 24.3. The molecule has 6 heteroatoms. The molecule has 0 bridgehead atoms. The van der Waals surface area contributed by atoms with E-state index in [4.69, 9.17) is 0 Å². The van der Waals surface area contributed by atoms with Crippen LogP contribution < -0.4 is 5.11 Å². The highest BCUT2D eigenvalue weighted by atomic mass is 32.2. The average Bonchev–Trinajstić information content (AvgIpc) is 2.80. The standard InChI is InChI=1S/C11H8O4S2/c12-11(13)10-9(6-7-16-10)17(14,15)8-4-2-1-3-5-8/h1-7H,(H,12,13)/p-1. The van der Waals surface area contributed by atoms with Crippen molar-refractivity contribution in [3.8, 4) is 0 Å². The number of carbonyl (C=O) groups excluding carboxylic acids is 1. The molecule has 88 valence electrons. The molecule has 0 atom stereocenters. The Kier molecular flexibility index (Phi) is 2.99. The summed E-state index contributed by atoms with van der Waals surface area (Å²) in [4.78, 5) is 10.4. The molecular weight excluding hydrogens is 260 g/mol. The van der Waals surface area contributed by atoms with Crippen LogP contribution >= 0.6 is 11.3 Å². The Bertz CT molecular complexity index is 641. The predicted octanol–water partition coefficient (Wildman–Crippen LogP) is 0.944. The molecule has 2 aromatic rings. The Morgan fingerprint density at radius 1 is 1.12 bits per heavy atom. The number of carbonyl (C=O) groups is 1. The summed E-state index contributed by atoms with van der Waals surface area (Å²) in [5.41, 5.74) is 0. The summed E-state index contributed by atoms with van der Waals surface area (Å²) in [6, 6.07) is 8.97. The molecule has 1 aromatic carbocycles. The van der Waals surface area contributed by atoms with Crippen LogP contribution in [0.5, 0.6) is 0 Å². The van der Waals surface area contributed by atoms with Crippen molar-refractivity contribution in [2.75, 3.05) is 0 Å². The Morgan fingerprint density at radius 2 is 1.76 bits per heavy atom. The van der Waals surface area contributed by atoms with Crippen LogP contribution in [-0.2, 0) is 9.84 Å². The zero-order chi connectivity index (χ0) is 12.5. The van der Waals surface area contributed by atoms with Crippen molar-refractivity contribution in [3.63, 3.8) is 0 Å². The molecule has 0 aliphatic heterocycles. The molecule has 1 heterocycles. The van der Waals surface area contributed by atoms with E-state index >= 15 is 0 Å². The summed E-state index contributed by atoms with van der Waals surface area (Å²) in [5, 5.41) is 12.2. The van der Waals surface area contributed by atoms with E-state index in [1.54, 1.807) is 18.2 Å². The summed E-state index contributed by atoms with van der Waals surface area (Å²) in [6.45, 7) is 0.